The average Bonchev–Trinajstić information content (AvgIpc) is 2.32. The molecule has 0 spiro atoms. The van der Waals surface area contributed by atoms with Gasteiger partial charge in [-0.05, 0) is 31.7 Å². The third kappa shape index (κ3) is 7.24. The fourth-order valence-corrected chi connectivity index (χ4v) is 2.39. The van der Waals surface area contributed by atoms with E-state index in [2.05, 4.69) is 26.1 Å². The molecular formula is C14H31NO. The maximum absolute atomic E-state index is 8.07. The molecule has 1 aliphatic carbocycles. The van der Waals surface area contributed by atoms with Crippen molar-refractivity contribution in [2.75, 3.05) is 13.2 Å². The van der Waals surface area contributed by atoms with Crippen molar-refractivity contribution in [2.45, 2.75) is 71.8 Å². The molecule has 0 aromatic rings. The first-order chi connectivity index (χ1) is 7.79. The maximum atomic E-state index is 8.07. The second kappa shape index (κ2) is 11.4. The Morgan fingerprint density at radius 3 is 2.25 bits per heavy atom. The highest BCUT2D eigenvalue weighted by Gasteiger charge is 2.21. The van der Waals surface area contributed by atoms with Gasteiger partial charge in [0.2, 0.25) is 0 Å². The molecule has 0 saturated heterocycles. The van der Waals surface area contributed by atoms with E-state index in [0.29, 0.717) is 6.61 Å². The Hall–Kier alpha value is -0.0800. The molecule has 2 nitrogen and oxygen atoms in total. The predicted molar refractivity (Wildman–Crippen MR) is 71.7 cm³/mol. The zero-order valence-electron chi connectivity index (χ0n) is 11.5. The first-order valence-electron chi connectivity index (χ1n) is 7.14. The molecule has 98 valence electrons. The summed E-state index contributed by atoms with van der Waals surface area (Å²) in [6.07, 6.45) is 9.16. The molecule has 0 aromatic heterocycles. The molecule has 0 radical (unpaired) electrons. The molecule has 0 amide bonds. The second-order valence-corrected chi connectivity index (χ2v) is 4.69. The van der Waals surface area contributed by atoms with E-state index in [0.717, 1.165) is 31.3 Å². The van der Waals surface area contributed by atoms with E-state index in [9.17, 15) is 0 Å². The summed E-state index contributed by atoms with van der Waals surface area (Å²) in [6, 6.07) is 0.832. The Labute approximate surface area is 102 Å². The van der Waals surface area contributed by atoms with Crippen LogP contribution in [0.2, 0.25) is 0 Å². The van der Waals surface area contributed by atoms with E-state index in [-0.39, 0.29) is 0 Å². The minimum Gasteiger partial charge on any atom is -0.396 e. The zero-order chi connectivity index (χ0) is 12.2. The number of aliphatic hydroxyl groups is 1. The van der Waals surface area contributed by atoms with Gasteiger partial charge in [-0.25, -0.2) is 0 Å². The minimum absolute atomic E-state index is 0.344. The van der Waals surface area contributed by atoms with Crippen LogP contribution in [0.25, 0.3) is 0 Å². The average molecular weight is 229 g/mol. The second-order valence-electron chi connectivity index (χ2n) is 4.69. The van der Waals surface area contributed by atoms with Gasteiger partial charge in [0.05, 0.1) is 0 Å². The topological polar surface area (TPSA) is 32.3 Å². The van der Waals surface area contributed by atoms with Gasteiger partial charge in [0, 0.05) is 12.6 Å². The minimum atomic E-state index is 0.344. The molecule has 2 unspecified atom stereocenters. The van der Waals surface area contributed by atoms with Gasteiger partial charge >= 0.3 is 0 Å². The van der Waals surface area contributed by atoms with Crippen molar-refractivity contribution >= 4 is 0 Å². The van der Waals surface area contributed by atoms with E-state index < -0.39 is 0 Å². The SMILES string of the molecule is CCCCO.CCNC1CCCCC1CC. The molecule has 1 saturated carbocycles. The summed E-state index contributed by atoms with van der Waals surface area (Å²) in [6.45, 7) is 8.07. The molecule has 0 heterocycles. The van der Waals surface area contributed by atoms with Gasteiger partial charge in [-0.3, -0.25) is 0 Å². The predicted octanol–water partition coefficient (Wildman–Crippen LogP) is 3.34. The smallest absolute Gasteiger partial charge is 0.0430 e. The summed E-state index contributed by atoms with van der Waals surface area (Å²) < 4.78 is 0. The highest BCUT2D eigenvalue weighted by Crippen LogP contribution is 2.26. The molecule has 0 bridgehead atoms. The van der Waals surface area contributed by atoms with Crippen LogP contribution in [-0.4, -0.2) is 24.3 Å². The Kier molecular flexibility index (Phi) is 11.3. The zero-order valence-corrected chi connectivity index (χ0v) is 11.5. The number of nitrogens with one attached hydrogen (secondary N) is 1. The molecule has 0 aliphatic heterocycles. The van der Waals surface area contributed by atoms with E-state index in [4.69, 9.17) is 5.11 Å². The van der Waals surface area contributed by atoms with Gasteiger partial charge in [0.15, 0.2) is 0 Å². The highest BCUT2D eigenvalue weighted by atomic mass is 16.2. The summed E-state index contributed by atoms with van der Waals surface area (Å²) in [5.74, 6) is 0.962. The number of unbranched alkanes of at least 4 members (excludes halogenated alkanes) is 1. The standard InChI is InChI=1S/C10H21N.C4H10O/c1-3-9-7-5-6-8-10(9)11-4-2;1-2-3-4-5/h9-11H,3-8H2,1-2H3;5H,2-4H2,1H3. The van der Waals surface area contributed by atoms with E-state index in [1.165, 1.54) is 32.1 Å². The molecule has 1 fully saturated rings. The molecule has 2 atom stereocenters. The van der Waals surface area contributed by atoms with Crippen LogP contribution in [-0.2, 0) is 0 Å². The van der Waals surface area contributed by atoms with Gasteiger partial charge in [-0.2, -0.15) is 0 Å². The molecule has 2 N–H and O–H groups in total. The fourth-order valence-electron chi connectivity index (χ4n) is 2.39. The van der Waals surface area contributed by atoms with Crippen molar-refractivity contribution in [2.24, 2.45) is 5.92 Å². The Bertz CT molecular complexity index is 135. The molecule has 16 heavy (non-hydrogen) atoms. The number of hydrogen-bond donors (Lipinski definition) is 2. The summed E-state index contributed by atoms with van der Waals surface area (Å²) >= 11 is 0. The first-order valence-corrected chi connectivity index (χ1v) is 7.14. The van der Waals surface area contributed by atoms with Crippen LogP contribution in [0.5, 0.6) is 0 Å². The van der Waals surface area contributed by atoms with Crippen molar-refractivity contribution in [1.29, 1.82) is 0 Å². The van der Waals surface area contributed by atoms with Gasteiger partial charge in [0.1, 0.15) is 0 Å². The molecule has 2 heteroatoms. The fraction of sp³-hybridized carbons (Fsp3) is 1.00. The van der Waals surface area contributed by atoms with Crippen molar-refractivity contribution in [3.8, 4) is 0 Å². The lowest BCUT2D eigenvalue weighted by atomic mass is 9.83. The Morgan fingerprint density at radius 2 is 1.81 bits per heavy atom. The first kappa shape index (κ1) is 15.9. The number of rotatable bonds is 5. The summed E-state index contributed by atoms with van der Waals surface area (Å²) in [7, 11) is 0. The molecule has 1 rings (SSSR count). The molecular weight excluding hydrogens is 198 g/mol. The maximum Gasteiger partial charge on any atom is 0.0430 e. The van der Waals surface area contributed by atoms with Crippen molar-refractivity contribution in [3.05, 3.63) is 0 Å². The van der Waals surface area contributed by atoms with Crippen LogP contribution in [0.4, 0.5) is 0 Å². The van der Waals surface area contributed by atoms with Crippen molar-refractivity contribution < 1.29 is 5.11 Å². The molecule has 0 aromatic carbocycles. The lowest BCUT2D eigenvalue weighted by Gasteiger charge is -2.31. The lowest BCUT2D eigenvalue weighted by molar-refractivity contribution is 0.259. The quantitative estimate of drug-likeness (QED) is 0.758. The van der Waals surface area contributed by atoms with Gasteiger partial charge in [0.25, 0.3) is 0 Å². The van der Waals surface area contributed by atoms with Crippen molar-refractivity contribution in [3.63, 3.8) is 0 Å². The van der Waals surface area contributed by atoms with E-state index in [1.54, 1.807) is 0 Å². The van der Waals surface area contributed by atoms with Crippen LogP contribution in [0.3, 0.4) is 0 Å². The summed E-state index contributed by atoms with van der Waals surface area (Å²) in [5.41, 5.74) is 0. The van der Waals surface area contributed by atoms with Crippen LogP contribution < -0.4 is 5.32 Å². The largest absolute Gasteiger partial charge is 0.396 e. The summed E-state index contributed by atoms with van der Waals surface area (Å²) in [4.78, 5) is 0. The number of aliphatic hydroxyl groups excluding tert-OH is 1. The van der Waals surface area contributed by atoms with Crippen LogP contribution in [0.15, 0.2) is 0 Å². The molecule has 1 aliphatic rings. The van der Waals surface area contributed by atoms with Crippen molar-refractivity contribution in [1.82, 2.24) is 5.32 Å². The van der Waals surface area contributed by atoms with E-state index in [1.807, 2.05) is 0 Å². The van der Waals surface area contributed by atoms with Crippen LogP contribution in [0.1, 0.15) is 65.7 Å². The Morgan fingerprint density at radius 1 is 1.12 bits per heavy atom. The highest BCUT2D eigenvalue weighted by molar-refractivity contribution is 4.79. The summed E-state index contributed by atoms with van der Waals surface area (Å²) in [5, 5.41) is 11.7. The third-order valence-corrected chi connectivity index (χ3v) is 3.41. The van der Waals surface area contributed by atoms with Gasteiger partial charge in [-0.15, -0.1) is 0 Å². The van der Waals surface area contributed by atoms with E-state index >= 15 is 0 Å². The lowest BCUT2D eigenvalue weighted by Crippen LogP contribution is -2.37. The van der Waals surface area contributed by atoms with Crippen LogP contribution in [0, 0.1) is 5.92 Å². The Balaban J connectivity index is 0.000000385. The third-order valence-electron chi connectivity index (χ3n) is 3.41. The van der Waals surface area contributed by atoms with Crippen LogP contribution >= 0.6 is 0 Å². The van der Waals surface area contributed by atoms with Gasteiger partial charge < -0.3 is 10.4 Å². The number of hydrogen-bond acceptors (Lipinski definition) is 2. The normalized spacial score (nSPS) is 24.8. The van der Waals surface area contributed by atoms with Gasteiger partial charge in [-0.1, -0.05) is 46.5 Å². The monoisotopic (exact) mass is 229 g/mol.